The van der Waals surface area contributed by atoms with Gasteiger partial charge in [0.25, 0.3) is 0 Å². The van der Waals surface area contributed by atoms with Crippen LogP contribution >= 0.6 is 0 Å². The molecule has 18 atom stereocenters. The van der Waals surface area contributed by atoms with E-state index in [0.717, 1.165) is 12.1 Å². The van der Waals surface area contributed by atoms with Gasteiger partial charge in [0.2, 0.25) is 0 Å². The molecule has 5 N–H and O–H groups in total. The third-order valence-electron chi connectivity index (χ3n) is 15.7. The largest absolute Gasteiger partial charge is 0.459 e. The Kier molecular flexibility index (Phi) is 19.0. The van der Waals surface area contributed by atoms with E-state index >= 15 is 0 Å². The molecule has 0 spiro atoms. The van der Waals surface area contributed by atoms with E-state index in [1.165, 1.54) is 20.1 Å². The SMILES string of the molecule is CC[C@H]1OC(=O)[C@H](C)[C@@H](C2C[C@@](C)(OC)[C@@H](O)[C@H](C)O2)[C@H](C)[C@@H](O[C@@H]2O[C@H](C)C[C@H](N(C)CCc3cn(CCc4cccc(C(F)(F)F)c4)nn3)[C@H]2O)[C@](C)(O)C[C@@H](C)CN(C)[C@H](C)[C@@H](O)[C@]1(C)O. The summed E-state index contributed by atoms with van der Waals surface area (Å²) in [5.74, 6) is -3.28. The lowest BCUT2D eigenvalue weighted by Crippen LogP contribution is -2.62. The van der Waals surface area contributed by atoms with Crippen molar-refractivity contribution in [1.29, 1.82) is 0 Å². The molecule has 0 saturated carbocycles. The fraction of sp³-hybridized carbons (Fsp3) is 0.820. The number of rotatable bonds is 12. The van der Waals surface area contributed by atoms with Gasteiger partial charge in [-0.25, -0.2) is 0 Å². The number of esters is 1. The molecule has 2 aromatic rings. The number of aromatic nitrogens is 3. The molecule has 69 heavy (non-hydrogen) atoms. The summed E-state index contributed by atoms with van der Waals surface area (Å²) in [4.78, 5) is 18.5. The third-order valence-corrected chi connectivity index (χ3v) is 15.7. The van der Waals surface area contributed by atoms with E-state index in [-0.39, 0.29) is 31.3 Å². The monoisotopic (exact) mass is 986 g/mol. The van der Waals surface area contributed by atoms with Gasteiger partial charge in [0.1, 0.15) is 30.0 Å². The zero-order valence-corrected chi connectivity index (χ0v) is 43.0. The normalized spacial score (nSPS) is 40.6. The molecule has 0 amide bonds. The summed E-state index contributed by atoms with van der Waals surface area (Å²) < 4.78 is 73.4. The summed E-state index contributed by atoms with van der Waals surface area (Å²) in [7, 11) is 5.22. The van der Waals surface area contributed by atoms with Crippen LogP contribution in [-0.2, 0) is 54.0 Å². The molecule has 3 aliphatic heterocycles. The molecule has 1 aromatic carbocycles. The van der Waals surface area contributed by atoms with Gasteiger partial charge in [0.15, 0.2) is 6.29 Å². The second-order valence-electron chi connectivity index (χ2n) is 21.4. The number of ether oxygens (including phenoxy) is 5. The highest BCUT2D eigenvalue weighted by atomic mass is 19.4. The van der Waals surface area contributed by atoms with Crippen LogP contribution in [-0.4, -0.2) is 175 Å². The van der Waals surface area contributed by atoms with Gasteiger partial charge in [-0.05, 0) is 105 Å². The van der Waals surface area contributed by atoms with Crippen molar-refractivity contribution in [3.8, 4) is 0 Å². The smallest absolute Gasteiger partial charge is 0.416 e. The van der Waals surface area contributed by atoms with E-state index in [4.69, 9.17) is 23.7 Å². The standard InChI is InChI=1S/C50H82F3N5O11/c1-14-39-49(10,64)42(60)32(6)57(12)26-28(2)24-47(8,63)44(30(4)40(31(5)45(62)68-39)38-25-48(9,65-13)43(61)33(7)67-38)69-46-41(59)37(22-29(3)66-46)56(11)20-19-36-27-58(55-54-36)21-18-34-16-15-17-35(23-34)50(51,52)53/h15-17,23,27-33,37-44,46,59-61,63-64H,14,18-22,24-26H2,1-13H3/t28-,29-,30+,31-,32-,33+,37+,38?,39-,40+,41-,42-,43+,44-,46+,47-,48-,49-/m1/s1. The van der Waals surface area contributed by atoms with Gasteiger partial charge in [-0.3, -0.25) is 9.48 Å². The Morgan fingerprint density at radius 3 is 2.30 bits per heavy atom. The number of hydrogen-bond acceptors (Lipinski definition) is 15. The minimum atomic E-state index is -4.43. The Morgan fingerprint density at radius 1 is 0.986 bits per heavy atom. The summed E-state index contributed by atoms with van der Waals surface area (Å²) >= 11 is 0. The number of alkyl halides is 3. The highest BCUT2D eigenvalue weighted by Gasteiger charge is 2.55. The first kappa shape index (κ1) is 57.1. The topological polar surface area (TPSA) is 202 Å². The Hall–Kier alpha value is -2.82. The predicted molar refractivity (Wildman–Crippen MR) is 251 cm³/mol. The quantitative estimate of drug-likeness (QED) is 0.184. The van der Waals surface area contributed by atoms with Gasteiger partial charge >= 0.3 is 12.1 Å². The van der Waals surface area contributed by atoms with E-state index in [0.29, 0.717) is 50.2 Å². The van der Waals surface area contributed by atoms with Crippen molar-refractivity contribution in [3.63, 3.8) is 0 Å². The summed E-state index contributed by atoms with van der Waals surface area (Å²) in [6.45, 7) is 18.9. The Morgan fingerprint density at radius 2 is 1.67 bits per heavy atom. The van der Waals surface area contributed by atoms with Crippen molar-refractivity contribution >= 4 is 5.97 Å². The highest BCUT2D eigenvalue weighted by molar-refractivity contribution is 5.73. The minimum Gasteiger partial charge on any atom is -0.459 e. The molecule has 1 unspecified atom stereocenters. The number of aryl methyl sites for hydroxylation is 2. The molecule has 0 bridgehead atoms. The second kappa shape index (κ2) is 22.9. The lowest BCUT2D eigenvalue weighted by molar-refractivity contribution is -0.302. The highest BCUT2D eigenvalue weighted by Crippen LogP contribution is 2.45. The van der Waals surface area contributed by atoms with Crippen LogP contribution in [0.25, 0.3) is 0 Å². The number of cyclic esters (lactones) is 1. The molecule has 19 heteroatoms. The van der Waals surface area contributed by atoms with E-state index in [1.807, 2.05) is 44.7 Å². The summed E-state index contributed by atoms with van der Waals surface area (Å²) in [5, 5.41) is 68.4. The fourth-order valence-electron chi connectivity index (χ4n) is 11.4. The first-order valence-corrected chi connectivity index (χ1v) is 24.7. The van der Waals surface area contributed by atoms with E-state index in [2.05, 4.69) is 10.3 Å². The maximum absolute atomic E-state index is 14.6. The maximum atomic E-state index is 14.6. The molecule has 0 aliphatic carbocycles. The number of carbonyl (C=O) groups excluding carboxylic acids is 1. The number of methoxy groups -OCH3 is 1. The third kappa shape index (κ3) is 13.4. The molecule has 394 valence electrons. The van der Waals surface area contributed by atoms with Crippen LogP contribution in [0.4, 0.5) is 13.2 Å². The van der Waals surface area contributed by atoms with Crippen LogP contribution in [0, 0.1) is 23.7 Å². The Bertz CT molecular complexity index is 1960. The van der Waals surface area contributed by atoms with Gasteiger partial charge in [-0.2, -0.15) is 13.2 Å². The van der Waals surface area contributed by atoms with Crippen molar-refractivity contribution in [1.82, 2.24) is 24.8 Å². The van der Waals surface area contributed by atoms with Crippen LogP contribution in [0.2, 0.25) is 0 Å². The lowest BCUT2D eigenvalue weighted by atomic mass is 9.68. The second-order valence-corrected chi connectivity index (χ2v) is 21.4. The molecule has 3 fully saturated rings. The molecule has 16 nitrogen and oxygen atoms in total. The number of carbonyl (C=O) groups is 1. The van der Waals surface area contributed by atoms with Crippen molar-refractivity contribution in [2.24, 2.45) is 23.7 Å². The van der Waals surface area contributed by atoms with Gasteiger partial charge in [0.05, 0.1) is 52.8 Å². The van der Waals surface area contributed by atoms with Crippen LogP contribution in [0.5, 0.6) is 0 Å². The lowest BCUT2D eigenvalue weighted by Gasteiger charge is -2.51. The van der Waals surface area contributed by atoms with Crippen molar-refractivity contribution < 1.29 is 67.2 Å². The molecular weight excluding hydrogens is 904 g/mol. The Labute approximate surface area is 406 Å². The molecule has 3 aliphatic rings. The molecule has 3 saturated heterocycles. The van der Waals surface area contributed by atoms with Gasteiger partial charge in [-0.1, -0.05) is 51.1 Å². The van der Waals surface area contributed by atoms with E-state index < -0.39 is 113 Å². The number of halogens is 3. The average Bonchev–Trinajstić information content (AvgIpc) is 3.74. The van der Waals surface area contributed by atoms with Crippen molar-refractivity contribution in [3.05, 3.63) is 47.3 Å². The number of benzene rings is 1. The zero-order chi connectivity index (χ0) is 51.6. The first-order chi connectivity index (χ1) is 32.0. The molecule has 5 rings (SSSR count). The maximum Gasteiger partial charge on any atom is 0.416 e. The van der Waals surface area contributed by atoms with Gasteiger partial charge < -0.3 is 59.0 Å². The van der Waals surface area contributed by atoms with E-state index in [1.54, 1.807) is 58.5 Å². The van der Waals surface area contributed by atoms with Crippen molar-refractivity contribution in [2.75, 3.05) is 34.3 Å². The summed E-state index contributed by atoms with van der Waals surface area (Å²) in [5.41, 5.74) is -4.03. The van der Waals surface area contributed by atoms with Crippen LogP contribution < -0.4 is 0 Å². The fourth-order valence-corrected chi connectivity index (χ4v) is 11.4. The van der Waals surface area contributed by atoms with Crippen LogP contribution in [0.15, 0.2) is 30.5 Å². The molecule has 1 aromatic heterocycles. The first-order valence-electron chi connectivity index (χ1n) is 24.7. The number of aliphatic hydroxyl groups excluding tert-OH is 3. The van der Waals surface area contributed by atoms with Crippen molar-refractivity contribution in [2.45, 2.75) is 204 Å². The zero-order valence-electron chi connectivity index (χ0n) is 43.0. The summed E-state index contributed by atoms with van der Waals surface area (Å²) in [6, 6.07) is 4.18. The average molecular weight is 986 g/mol. The number of likely N-dealkylation sites (N-methyl/N-ethyl adjacent to an activating group) is 2. The van der Waals surface area contributed by atoms with Gasteiger partial charge in [0, 0.05) is 63.8 Å². The number of hydrogen-bond donors (Lipinski definition) is 5. The minimum absolute atomic E-state index is 0.166. The predicted octanol–water partition coefficient (Wildman–Crippen LogP) is 4.64. The van der Waals surface area contributed by atoms with Gasteiger partial charge in [-0.15, -0.1) is 5.10 Å². The summed E-state index contributed by atoms with van der Waals surface area (Å²) in [6.07, 6.45) is -9.64. The molecule has 4 heterocycles. The molecular formula is C50H82F3N5O11. The van der Waals surface area contributed by atoms with E-state index in [9.17, 15) is 43.5 Å². The van der Waals surface area contributed by atoms with Crippen LogP contribution in [0.1, 0.15) is 112 Å². The number of nitrogens with zero attached hydrogens (tertiary/aromatic N) is 5. The van der Waals surface area contributed by atoms with Crippen LogP contribution in [0.3, 0.4) is 0 Å². The number of aliphatic hydroxyl groups is 5. The Balaban J connectivity index is 1.43. The molecule has 0 radical (unpaired) electrons.